The molecular formula is C14H18N4O. The number of amides is 1. The van der Waals surface area contributed by atoms with E-state index >= 15 is 0 Å². The lowest BCUT2D eigenvalue weighted by molar-refractivity contribution is 0.0999. The minimum atomic E-state index is -0.389. The number of imidazole rings is 1. The number of nitrogens with zero attached hydrogens (tertiary/aromatic N) is 2. The van der Waals surface area contributed by atoms with Crippen LogP contribution in [0.15, 0.2) is 43.0 Å². The number of rotatable bonds is 6. The maximum Gasteiger partial charge on any atom is 0.249 e. The Bertz CT molecular complexity index is 536. The molecule has 1 unspecified atom stereocenters. The molecule has 0 aliphatic heterocycles. The fraction of sp³-hybridized carbons (Fsp3) is 0.286. The van der Waals surface area contributed by atoms with E-state index in [1.165, 1.54) is 0 Å². The number of nitrogens with two attached hydrogens (primary N) is 1. The first-order chi connectivity index (χ1) is 9.16. The summed E-state index contributed by atoms with van der Waals surface area (Å²) in [5, 5.41) is 3.38. The number of aromatic nitrogens is 2. The van der Waals surface area contributed by atoms with Gasteiger partial charge in [-0.1, -0.05) is 18.2 Å². The van der Waals surface area contributed by atoms with Crippen molar-refractivity contribution in [1.82, 2.24) is 14.9 Å². The maximum atomic E-state index is 11.3. The normalized spacial score (nSPS) is 12.3. The van der Waals surface area contributed by atoms with E-state index < -0.39 is 0 Å². The molecule has 5 heteroatoms. The van der Waals surface area contributed by atoms with Gasteiger partial charge in [0, 0.05) is 37.1 Å². The lowest BCUT2D eigenvalue weighted by atomic mass is 10.1. The Labute approximate surface area is 112 Å². The van der Waals surface area contributed by atoms with Crippen LogP contribution in [0.2, 0.25) is 0 Å². The average Bonchev–Trinajstić information content (AvgIpc) is 2.89. The first-order valence-corrected chi connectivity index (χ1v) is 6.23. The summed E-state index contributed by atoms with van der Waals surface area (Å²) < 4.78 is 2.01. The molecule has 1 aromatic carbocycles. The zero-order chi connectivity index (χ0) is 13.7. The first-order valence-electron chi connectivity index (χ1n) is 6.23. The summed E-state index contributed by atoms with van der Waals surface area (Å²) in [4.78, 5) is 15.3. The van der Waals surface area contributed by atoms with Crippen molar-refractivity contribution >= 4 is 5.91 Å². The third-order valence-corrected chi connectivity index (χ3v) is 2.97. The Morgan fingerprint density at radius 2 is 2.26 bits per heavy atom. The fourth-order valence-electron chi connectivity index (χ4n) is 1.97. The molecule has 1 atom stereocenters. The molecule has 2 aromatic rings. The highest BCUT2D eigenvalue weighted by Gasteiger charge is 2.08. The van der Waals surface area contributed by atoms with E-state index in [1.54, 1.807) is 18.6 Å². The highest BCUT2D eigenvalue weighted by molar-refractivity contribution is 5.94. The first kappa shape index (κ1) is 13.3. The highest BCUT2D eigenvalue weighted by atomic mass is 16.1. The van der Waals surface area contributed by atoms with Crippen LogP contribution in [0.4, 0.5) is 0 Å². The smallest absolute Gasteiger partial charge is 0.249 e. The molecule has 0 saturated carbocycles. The number of benzene rings is 1. The summed E-state index contributed by atoms with van der Waals surface area (Å²) in [6.07, 6.45) is 5.47. The molecule has 100 valence electrons. The second-order valence-corrected chi connectivity index (χ2v) is 4.56. The third kappa shape index (κ3) is 3.66. The van der Waals surface area contributed by atoms with Crippen LogP contribution in [0.3, 0.4) is 0 Å². The fourth-order valence-corrected chi connectivity index (χ4v) is 1.97. The lowest BCUT2D eigenvalue weighted by Gasteiger charge is -2.15. The van der Waals surface area contributed by atoms with Crippen LogP contribution >= 0.6 is 0 Å². The van der Waals surface area contributed by atoms with Crippen molar-refractivity contribution in [3.05, 3.63) is 54.1 Å². The summed E-state index contributed by atoms with van der Waals surface area (Å²) in [6.45, 7) is 3.54. The maximum absolute atomic E-state index is 11.3. The number of carbonyl (C=O) groups excluding carboxylic acids is 1. The third-order valence-electron chi connectivity index (χ3n) is 2.97. The van der Waals surface area contributed by atoms with Gasteiger partial charge in [-0.2, -0.15) is 0 Å². The molecule has 19 heavy (non-hydrogen) atoms. The molecule has 0 radical (unpaired) electrons. The highest BCUT2D eigenvalue weighted by Crippen LogP contribution is 2.08. The van der Waals surface area contributed by atoms with E-state index in [4.69, 9.17) is 5.73 Å². The zero-order valence-corrected chi connectivity index (χ0v) is 10.9. The van der Waals surface area contributed by atoms with Crippen LogP contribution in [-0.2, 0) is 13.1 Å². The topological polar surface area (TPSA) is 72.9 Å². The van der Waals surface area contributed by atoms with Gasteiger partial charge in [-0.25, -0.2) is 4.98 Å². The Balaban J connectivity index is 1.93. The van der Waals surface area contributed by atoms with Crippen LogP contribution in [0.1, 0.15) is 22.8 Å². The number of primary amides is 1. The summed E-state index contributed by atoms with van der Waals surface area (Å²) in [6, 6.07) is 7.66. The van der Waals surface area contributed by atoms with E-state index in [-0.39, 0.29) is 11.9 Å². The molecule has 0 fully saturated rings. The van der Waals surface area contributed by atoms with Crippen molar-refractivity contribution < 1.29 is 4.79 Å². The second-order valence-electron chi connectivity index (χ2n) is 4.56. The molecule has 5 nitrogen and oxygen atoms in total. The van der Waals surface area contributed by atoms with Gasteiger partial charge in [0.1, 0.15) is 0 Å². The van der Waals surface area contributed by atoms with Crippen molar-refractivity contribution in [2.24, 2.45) is 5.73 Å². The lowest BCUT2D eigenvalue weighted by Crippen LogP contribution is -2.30. The molecular weight excluding hydrogens is 240 g/mol. The van der Waals surface area contributed by atoms with E-state index in [1.807, 2.05) is 29.0 Å². The largest absolute Gasteiger partial charge is 0.366 e. The Hall–Kier alpha value is -2.14. The summed E-state index contributed by atoms with van der Waals surface area (Å²) in [7, 11) is 0. The van der Waals surface area contributed by atoms with Crippen LogP contribution in [-0.4, -0.2) is 21.5 Å². The van der Waals surface area contributed by atoms with Gasteiger partial charge in [0.2, 0.25) is 5.91 Å². The monoisotopic (exact) mass is 258 g/mol. The predicted octanol–water partition coefficient (Wildman–Crippen LogP) is 1.16. The Morgan fingerprint density at radius 3 is 2.95 bits per heavy atom. The summed E-state index contributed by atoms with van der Waals surface area (Å²) in [5.74, 6) is -0.389. The molecule has 0 bridgehead atoms. The number of carbonyl (C=O) groups is 1. The van der Waals surface area contributed by atoms with Crippen LogP contribution < -0.4 is 11.1 Å². The van der Waals surface area contributed by atoms with E-state index in [0.29, 0.717) is 12.1 Å². The molecule has 3 N–H and O–H groups in total. The van der Waals surface area contributed by atoms with Gasteiger partial charge in [-0.3, -0.25) is 4.79 Å². The van der Waals surface area contributed by atoms with Crippen molar-refractivity contribution in [1.29, 1.82) is 0 Å². The molecule has 0 spiro atoms. The van der Waals surface area contributed by atoms with Crippen molar-refractivity contribution in [3.8, 4) is 0 Å². The van der Waals surface area contributed by atoms with Gasteiger partial charge in [0.25, 0.3) is 0 Å². The molecule has 1 heterocycles. The van der Waals surface area contributed by atoms with Crippen LogP contribution in [0, 0.1) is 0 Å². The second kappa shape index (κ2) is 6.15. The Kier molecular flexibility index (Phi) is 4.30. The standard InChI is InChI=1S/C14H18N4O/c1-11(9-18-7-6-16-10-18)17-8-12-4-2-3-5-13(12)14(15)19/h2-7,10-11,17H,8-9H2,1H3,(H2,15,19). The molecule has 0 aliphatic rings. The van der Waals surface area contributed by atoms with Crippen LogP contribution in [0.5, 0.6) is 0 Å². The van der Waals surface area contributed by atoms with Gasteiger partial charge in [0.15, 0.2) is 0 Å². The predicted molar refractivity (Wildman–Crippen MR) is 73.5 cm³/mol. The SMILES string of the molecule is CC(Cn1ccnc1)NCc1ccccc1C(N)=O. The molecule has 1 amide bonds. The Morgan fingerprint density at radius 1 is 1.47 bits per heavy atom. The van der Waals surface area contributed by atoms with E-state index in [0.717, 1.165) is 12.1 Å². The summed E-state index contributed by atoms with van der Waals surface area (Å²) in [5.41, 5.74) is 6.85. The van der Waals surface area contributed by atoms with Gasteiger partial charge in [0.05, 0.1) is 6.33 Å². The van der Waals surface area contributed by atoms with Gasteiger partial charge in [-0.15, -0.1) is 0 Å². The minimum absolute atomic E-state index is 0.273. The quantitative estimate of drug-likeness (QED) is 0.816. The molecule has 0 aliphatic carbocycles. The van der Waals surface area contributed by atoms with E-state index in [9.17, 15) is 4.79 Å². The number of hydrogen-bond acceptors (Lipinski definition) is 3. The van der Waals surface area contributed by atoms with Gasteiger partial charge in [-0.05, 0) is 18.6 Å². The van der Waals surface area contributed by atoms with Crippen molar-refractivity contribution in [2.45, 2.75) is 26.1 Å². The van der Waals surface area contributed by atoms with Crippen molar-refractivity contribution in [3.63, 3.8) is 0 Å². The molecule has 1 aromatic heterocycles. The van der Waals surface area contributed by atoms with Crippen molar-refractivity contribution in [2.75, 3.05) is 0 Å². The van der Waals surface area contributed by atoms with E-state index in [2.05, 4.69) is 17.2 Å². The summed E-state index contributed by atoms with van der Waals surface area (Å²) >= 11 is 0. The van der Waals surface area contributed by atoms with Crippen LogP contribution in [0.25, 0.3) is 0 Å². The average molecular weight is 258 g/mol. The molecule has 0 saturated heterocycles. The number of hydrogen-bond donors (Lipinski definition) is 2. The van der Waals surface area contributed by atoms with Gasteiger partial charge < -0.3 is 15.6 Å². The minimum Gasteiger partial charge on any atom is -0.366 e. The number of nitrogens with one attached hydrogen (secondary N) is 1. The van der Waals surface area contributed by atoms with Gasteiger partial charge >= 0.3 is 0 Å². The molecule has 2 rings (SSSR count). The zero-order valence-electron chi connectivity index (χ0n) is 10.9.